The molecule has 2 aromatic carbocycles. The summed E-state index contributed by atoms with van der Waals surface area (Å²) in [4.78, 5) is 12.4. The van der Waals surface area contributed by atoms with Crippen LogP contribution in [0.3, 0.4) is 0 Å². The number of rotatable bonds is 5. The average molecular weight is 364 g/mol. The summed E-state index contributed by atoms with van der Waals surface area (Å²) in [6.07, 6.45) is 0. The first-order chi connectivity index (χ1) is 13.2. The SMILES string of the molecule is COc1cccc(Nc2ccc(NC(=O)c3ccc4c(c3)OCO4)nn2)c1. The minimum atomic E-state index is -0.309. The average Bonchev–Trinajstić information content (AvgIpc) is 3.17. The third-order valence-corrected chi connectivity index (χ3v) is 3.88. The number of methoxy groups -OCH3 is 1. The number of carbonyl (C=O) groups is 1. The second-order valence-electron chi connectivity index (χ2n) is 5.68. The van der Waals surface area contributed by atoms with Crippen LogP contribution < -0.4 is 24.8 Å². The summed E-state index contributed by atoms with van der Waals surface area (Å²) >= 11 is 0. The Morgan fingerprint density at radius 1 is 1.00 bits per heavy atom. The third kappa shape index (κ3) is 3.74. The summed E-state index contributed by atoms with van der Waals surface area (Å²) in [5.74, 6) is 2.49. The van der Waals surface area contributed by atoms with Crippen molar-refractivity contribution >= 4 is 23.2 Å². The summed E-state index contributed by atoms with van der Waals surface area (Å²) in [5, 5.41) is 13.9. The molecule has 2 N–H and O–H groups in total. The van der Waals surface area contributed by atoms with E-state index in [0.717, 1.165) is 11.4 Å². The van der Waals surface area contributed by atoms with Gasteiger partial charge in [-0.3, -0.25) is 4.79 Å². The number of carbonyl (C=O) groups excluding carboxylic acids is 1. The van der Waals surface area contributed by atoms with Gasteiger partial charge in [-0.25, -0.2) is 0 Å². The van der Waals surface area contributed by atoms with Gasteiger partial charge in [0.05, 0.1) is 7.11 Å². The van der Waals surface area contributed by atoms with Crippen LogP contribution in [0, 0.1) is 0 Å². The maximum atomic E-state index is 12.4. The minimum Gasteiger partial charge on any atom is -0.497 e. The zero-order chi connectivity index (χ0) is 18.6. The highest BCUT2D eigenvalue weighted by Gasteiger charge is 2.16. The van der Waals surface area contributed by atoms with Crippen molar-refractivity contribution in [3.63, 3.8) is 0 Å². The highest BCUT2D eigenvalue weighted by atomic mass is 16.7. The second-order valence-corrected chi connectivity index (χ2v) is 5.68. The van der Waals surface area contributed by atoms with E-state index < -0.39 is 0 Å². The van der Waals surface area contributed by atoms with Crippen molar-refractivity contribution in [1.82, 2.24) is 10.2 Å². The maximum Gasteiger partial charge on any atom is 0.257 e. The molecule has 0 unspecified atom stereocenters. The molecule has 1 amide bonds. The number of anilines is 3. The summed E-state index contributed by atoms with van der Waals surface area (Å²) in [6.45, 7) is 0.160. The van der Waals surface area contributed by atoms with Gasteiger partial charge >= 0.3 is 0 Å². The number of nitrogens with zero attached hydrogens (tertiary/aromatic N) is 2. The van der Waals surface area contributed by atoms with Crippen LogP contribution >= 0.6 is 0 Å². The van der Waals surface area contributed by atoms with Gasteiger partial charge in [0.2, 0.25) is 6.79 Å². The predicted molar refractivity (Wildman–Crippen MR) is 98.8 cm³/mol. The van der Waals surface area contributed by atoms with Gasteiger partial charge in [-0.05, 0) is 42.5 Å². The van der Waals surface area contributed by atoms with Gasteiger partial charge in [0.1, 0.15) is 5.75 Å². The molecule has 3 aromatic rings. The van der Waals surface area contributed by atoms with Crippen LogP contribution in [-0.2, 0) is 0 Å². The fourth-order valence-electron chi connectivity index (χ4n) is 2.54. The minimum absolute atomic E-state index is 0.160. The number of hydrogen-bond donors (Lipinski definition) is 2. The maximum absolute atomic E-state index is 12.4. The molecular weight excluding hydrogens is 348 g/mol. The molecular formula is C19H16N4O4. The lowest BCUT2D eigenvalue weighted by Gasteiger charge is -2.08. The van der Waals surface area contributed by atoms with E-state index in [4.69, 9.17) is 14.2 Å². The summed E-state index contributed by atoms with van der Waals surface area (Å²) < 4.78 is 15.7. The molecule has 136 valence electrons. The predicted octanol–water partition coefficient (Wildman–Crippen LogP) is 3.21. The van der Waals surface area contributed by atoms with Crippen LogP contribution in [0.25, 0.3) is 0 Å². The van der Waals surface area contributed by atoms with E-state index >= 15 is 0 Å². The highest BCUT2D eigenvalue weighted by molar-refractivity contribution is 6.04. The summed E-state index contributed by atoms with van der Waals surface area (Å²) in [6, 6.07) is 15.8. The number of hydrogen-bond acceptors (Lipinski definition) is 7. The molecule has 1 aliphatic rings. The van der Waals surface area contributed by atoms with E-state index in [-0.39, 0.29) is 12.7 Å². The zero-order valence-electron chi connectivity index (χ0n) is 14.4. The Labute approximate surface area is 155 Å². The number of nitrogens with one attached hydrogen (secondary N) is 2. The monoisotopic (exact) mass is 364 g/mol. The molecule has 0 spiro atoms. The van der Waals surface area contributed by atoms with E-state index in [0.29, 0.717) is 28.7 Å². The summed E-state index contributed by atoms with van der Waals surface area (Å²) in [7, 11) is 1.61. The van der Waals surface area contributed by atoms with Gasteiger partial charge in [-0.15, -0.1) is 10.2 Å². The van der Waals surface area contributed by atoms with Crippen LogP contribution in [0.2, 0.25) is 0 Å². The Morgan fingerprint density at radius 3 is 2.63 bits per heavy atom. The molecule has 0 fully saturated rings. The van der Waals surface area contributed by atoms with Crippen molar-refractivity contribution in [2.24, 2.45) is 0 Å². The van der Waals surface area contributed by atoms with Crippen molar-refractivity contribution in [2.45, 2.75) is 0 Å². The van der Waals surface area contributed by atoms with E-state index in [2.05, 4.69) is 20.8 Å². The topological polar surface area (TPSA) is 94.6 Å². The lowest BCUT2D eigenvalue weighted by Crippen LogP contribution is -2.13. The van der Waals surface area contributed by atoms with Crippen molar-refractivity contribution in [1.29, 1.82) is 0 Å². The lowest BCUT2D eigenvalue weighted by molar-refractivity contribution is 0.102. The molecule has 0 atom stereocenters. The first-order valence-electron chi connectivity index (χ1n) is 8.17. The molecule has 0 bridgehead atoms. The number of fused-ring (bicyclic) bond motifs is 1. The van der Waals surface area contributed by atoms with Crippen LogP contribution in [0.1, 0.15) is 10.4 Å². The van der Waals surface area contributed by atoms with E-state index in [1.54, 1.807) is 37.4 Å². The molecule has 8 heteroatoms. The van der Waals surface area contributed by atoms with Crippen LogP contribution in [0.5, 0.6) is 17.2 Å². The number of benzene rings is 2. The van der Waals surface area contributed by atoms with E-state index in [1.807, 2.05) is 24.3 Å². The Bertz CT molecular complexity index is 976. The molecule has 1 aliphatic heterocycles. The normalized spacial score (nSPS) is 11.7. The highest BCUT2D eigenvalue weighted by Crippen LogP contribution is 2.32. The smallest absolute Gasteiger partial charge is 0.257 e. The van der Waals surface area contributed by atoms with E-state index in [9.17, 15) is 4.79 Å². The molecule has 0 radical (unpaired) electrons. The zero-order valence-corrected chi connectivity index (χ0v) is 14.4. The van der Waals surface area contributed by atoms with Gasteiger partial charge in [-0.1, -0.05) is 6.07 Å². The van der Waals surface area contributed by atoms with Gasteiger partial charge < -0.3 is 24.8 Å². The van der Waals surface area contributed by atoms with Gasteiger partial charge in [0.25, 0.3) is 5.91 Å². The van der Waals surface area contributed by atoms with Gasteiger partial charge in [-0.2, -0.15) is 0 Å². The molecule has 1 aromatic heterocycles. The number of aromatic nitrogens is 2. The molecule has 0 saturated carbocycles. The van der Waals surface area contributed by atoms with Crippen molar-refractivity contribution in [2.75, 3.05) is 24.5 Å². The Hall–Kier alpha value is -3.81. The molecule has 2 heterocycles. The standard InChI is InChI=1S/C19H16N4O4/c1-25-14-4-2-3-13(10-14)20-17-7-8-18(23-22-17)21-19(24)12-5-6-15-16(9-12)27-11-26-15/h2-10H,11H2,1H3,(H,20,22)(H,21,23,24). The van der Waals surface area contributed by atoms with Crippen LogP contribution in [0.4, 0.5) is 17.3 Å². The first-order valence-corrected chi connectivity index (χ1v) is 8.17. The third-order valence-electron chi connectivity index (χ3n) is 3.88. The molecule has 0 saturated heterocycles. The molecule has 0 aliphatic carbocycles. The van der Waals surface area contributed by atoms with Crippen LogP contribution in [-0.4, -0.2) is 30.0 Å². The lowest BCUT2D eigenvalue weighted by atomic mass is 10.2. The van der Waals surface area contributed by atoms with E-state index in [1.165, 1.54) is 0 Å². The van der Waals surface area contributed by atoms with Crippen molar-refractivity contribution < 1.29 is 19.0 Å². The Morgan fingerprint density at radius 2 is 1.81 bits per heavy atom. The quantitative estimate of drug-likeness (QED) is 0.718. The molecule has 8 nitrogen and oxygen atoms in total. The fraction of sp³-hybridized carbons (Fsp3) is 0.105. The van der Waals surface area contributed by atoms with Crippen LogP contribution in [0.15, 0.2) is 54.6 Å². The number of ether oxygens (including phenoxy) is 3. The fourth-order valence-corrected chi connectivity index (χ4v) is 2.54. The largest absolute Gasteiger partial charge is 0.497 e. The number of amides is 1. The van der Waals surface area contributed by atoms with Crippen molar-refractivity contribution in [3.8, 4) is 17.2 Å². The molecule has 4 rings (SSSR count). The second kappa shape index (κ2) is 7.20. The van der Waals surface area contributed by atoms with Crippen molar-refractivity contribution in [3.05, 3.63) is 60.2 Å². The Kier molecular flexibility index (Phi) is 4.44. The first kappa shape index (κ1) is 16.6. The van der Waals surface area contributed by atoms with Gasteiger partial charge in [0.15, 0.2) is 23.1 Å². The Balaban J connectivity index is 1.42. The van der Waals surface area contributed by atoms with Gasteiger partial charge in [0, 0.05) is 17.3 Å². The summed E-state index contributed by atoms with van der Waals surface area (Å²) in [5.41, 5.74) is 1.26. The molecule has 27 heavy (non-hydrogen) atoms.